The fourth-order valence-corrected chi connectivity index (χ4v) is 4.43. The van der Waals surface area contributed by atoms with Crippen LogP contribution in [0.2, 0.25) is 0 Å². The van der Waals surface area contributed by atoms with Crippen LogP contribution < -0.4 is 10.6 Å². The van der Waals surface area contributed by atoms with E-state index in [1.807, 2.05) is 19.9 Å². The second-order valence-corrected chi connectivity index (χ2v) is 10.0. The van der Waals surface area contributed by atoms with Gasteiger partial charge in [-0.15, -0.1) is 0 Å². The Labute approximate surface area is 160 Å². The molecular weight excluding hydrogens is 348 g/mol. The van der Waals surface area contributed by atoms with Crippen molar-refractivity contribution >= 4 is 23.6 Å². The van der Waals surface area contributed by atoms with Crippen molar-refractivity contribution in [3.8, 4) is 12.1 Å². The molecule has 1 heterocycles. The highest BCUT2D eigenvalue weighted by molar-refractivity contribution is 8.03. The van der Waals surface area contributed by atoms with Gasteiger partial charge in [0.2, 0.25) is 11.8 Å². The number of allylic oxidation sites excluding steroid dienone is 1. The third-order valence-corrected chi connectivity index (χ3v) is 5.13. The van der Waals surface area contributed by atoms with Crippen LogP contribution in [0.4, 0.5) is 0 Å². The highest BCUT2D eigenvalue weighted by Gasteiger charge is 2.44. The molecule has 26 heavy (non-hydrogen) atoms. The number of hydrogen-bond donors (Lipinski definition) is 2. The minimum atomic E-state index is -0.930. The molecule has 0 fully saturated rings. The van der Waals surface area contributed by atoms with Gasteiger partial charge >= 0.3 is 0 Å². The fourth-order valence-electron chi connectivity index (χ4n) is 3.46. The van der Waals surface area contributed by atoms with Crippen LogP contribution in [-0.4, -0.2) is 23.1 Å². The molecule has 0 unspecified atom stereocenters. The van der Waals surface area contributed by atoms with E-state index in [1.54, 1.807) is 13.8 Å². The molecule has 2 N–H and O–H groups in total. The molecule has 6 nitrogen and oxygen atoms in total. The lowest BCUT2D eigenvalue weighted by Crippen LogP contribution is -2.47. The van der Waals surface area contributed by atoms with Crippen molar-refractivity contribution in [1.82, 2.24) is 10.6 Å². The van der Waals surface area contributed by atoms with Gasteiger partial charge in [0.1, 0.15) is 5.92 Å². The molecule has 1 aliphatic rings. The number of carbonyl (C=O) groups excluding carboxylic acids is 2. The highest BCUT2D eigenvalue weighted by atomic mass is 32.2. The molecule has 1 atom stereocenters. The summed E-state index contributed by atoms with van der Waals surface area (Å²) in [7, 11) is 0. The first-order valence-corrected chi connectivity index (χ1v) is 9.51. The van der Waals surface area contributed by atoms with Gasteiger partial charge in [0.25, 0.3) is 0 Å². The first kappa shape index (κ1) is 22.1. The average molecular weight is 377 g/mol. The molecule has 1 aliphatic heterocycles. The van der Waals surface area contributed by atoms with E-state index in [9.17, 15) is 20.1 Å². The van der Waals surface area contributed by atoms with Crippen LogP contribution >= 0.6 is 11.8 Å². The van der Waals surface area contributed by atoms with Crippen molar-refractivity contribution in [2.75, 3.05) is 5.75 Å². The van der Waals surface area contributed by atoms with Crippen LogP contribution in [-0.2, 0) is 9.59 Å². The van der Waals surface area contributed by atoms with E-state index in [-0.39, 0.29) is 22.6 Å². The predicted octanol–water partition coefficient (Wildman–Crippen LogP) is 3.08. The standard InChI is InChI=1S/C19H28N4O2S/c1-17(2,3)11-18(4,5)23-14(24)10-26-16-13(9-21)19(6,7)12(8-20)15(25)22-16/h12H,10-11H2,1-7H3,(H,22,25)(H,23,24)/t12-/m1/s1. The highest BCUT2D eigenvalue weighted by Crippen LogP contribution is 2.41. The van der Waals surface area contributed by atoms with E-state index in [1.165, 1.54) is 0 Å². The maximum Gasteiger partial charge on any atom is 0.243 e. The number of carbonyl (C=O) groups is 2. The number of nitrogens with one attached hydrogen (secondary N) is 2. The van der Waals surface area contributed by atoms with Crippen molar-refractivity contribution in [2.24, 2.45) is 16.7 Å². The van der Waals surface area contributed by atoms with E-state index < -0.39 is 17.2 Å². The Morgan fingerprint density at radius 3 is 2.31 bits per heavy atom. The Morgan fingerprint density at radius 2 is 1.85 bits per heavy atom. The van der Waals surface area contributed by atoms with E-state index in [0.717, 1.165) is 18.2 Å². The first-order chi connectivity index (χ1) is 11.7. The van der Waals surface area contributed by atoms with Crippen LogP contribution in [0.3, 0.4) is 0 Å². The van der Waals surface area contributed by atoms with Crippen LogP contribution in [0.1, 0.15) is 54.9 Å². The van der Waals surface area contributed by atoms with Crippen molar-refractivity contribution in [1.29, 1.82) is 10.5 Å². The van der Waals surface area contributed by atoms with Crippen LogP contribution in [0.15, 0.2) is 10.6 Å². The van der Waals surface area contributed by atoms with E-state index in [0.29, 0.717) is 10.6 Å². The lowest BCUT2D eigenvalue weighted by Gasteiger charge is -2.35. The van der Waals surface area contributed by atoms with Gasteiger partial charge in [-0.05, 0) is 25.7 Å². The van der Waals surface area contributed by atoms with Gasteiger partial charge in [0.05, 0.1) is 28.5 Å². The zero-order chi connectivity index (χ0) is 20.3. The summed E-state index contributed by atoms with van der Waals surface area (Å²) in [5.74, 6) is -1.45. The zero-order valence-electron chi connectivity index (χ0n) is 16.6. The normalized spacial score (nSPS) is 20.0. The quantitative estimate of drug-likeness (QED) is 0.767. The average Bonchev–Trinajstić information content (AvgIpc) is 2.41. The summed E-state index contributed by atoms with van der Waals surface area (Å²) in [6.45, 7) is 13.7. The SMILES string of the molecule is CC(C)(C)CC(C)(C)NC(=O)CSC1=C(C#N)C(C)(C)[C@H](C#N)C(=O)N1. The smallest absolute Gasteiger partial charge is 0.243 e. The minimum absolute atomic E-state index is 0.0775. The van der Waals surface area contributed by atoms with E-state index >= 15 is 0 Å². The predicted molar refractivity (Wildman–Crippen MR) is 102 cm³/mol. The van der Waals surface area contributed by atoms with Gasteiger partial charge in [0, 0.05) is 11.0 Å². The molecule has 0 spiro atoms. The van der Waals surface area contributed by atoms with Gasteiger partial charge in [-0.25, -0.2) is 0 Å². The molecule has 0 radical (unpaired) electrons. The van der Waals surface area contributed by atoms with Gasteiger partial charge in [0.15, 0.2) is 0 Å². The lowest BCUT2D eigenvalue weighted by atomic mass is 9.72. The van der Waals surface area contributed by atoms with Crippen molar-refractivity contribution in [3.63, 3.8) is 0 Å². The van der Waals surface area contributed by atoms with Crippen LogP contribution in [0.25, 0.3) is 0 Å². The Kier molecular flexibility index (Phi) is 6.54. The number of nitrogens with zero attached hydrogens (tertiary/aromatic N) is 2. The first-order valence-electron chi connectivity index (χ1n) is 8.52. The molecule has 0 aliphatic carbocycles. The number of nitriles is 2. The molecule has 0 aromatic carbocycles. The number of thioether (sulfide) groups is 1. The Balaban J connectivity index is 2.87. The summed E-state index contributed by atoms with van der Waals surface area (Å²) in [4.78, 5) is 24.5. The van der Waals surface area contributed by atoms with Crippen LogP contribution in [0, 0.1) is 39.4 Å². The summed E-state index contributed by atoms with van der Waals surface area (Å²) in [5, 5.41) is 24.7. The second kappa shape index (κ2) is 7.72. The Morgan fingerprint density at radius 1 is 1.27 bits per heavy atom. The molecule has 0 aromatic heterocycles. The third kappa shape index (κ3) is 5.51. The molecule has 2 amide bonds. The molecule has 0 saturated carbocycles. The molecule has 0 saturated heterocycles. The molecule has 7 heteroatoms. The molecule has 0 aromatic rings. The van der Waals surface area contributed by atoms with Gasteiger partial charge < -0.3 is 10.6 Å². The van der Waals surface area contributed by atoms with Crippen LogP contribution in [0.5, 0.6) is 0 Å². The Hall–Kier alpha value is -1.99. The summed E-state index contributed by atoms with van der Waals surface area (Å²) >= 11 is 1.12. The van der Waals surface area contributed by atoms with Gasteiger partial charge in [-0.2, -0.15) is 10.5 Å². The Bertz CT molecular complexity index is 703. The zero-order valence-corrected chi connectivity index (χ0v) is 17.4. The van der Waals surface area contributed by atoms with E-state index in [2.05, 4.69) is 37.5 Å². The maximum absolute atomic E-state index is 12.3. The van der Waals surface area contributed by atoms with Crippen molar-refractivity contribution in [3.05, 3.63) is 10.6 Å². The monoisotopic (exact) mass is 376 g/mol. The molecule has 142 valence electrons. The molecular formula is C19H28N4O2S. The lowest BCUT2D eigenvalue weighted by molar-refractivity contribution is -0.125. The van der Waals surface area contributed by atoms with Gasteiger partial charge in [-0.3, -0.25) is 9.59 Å². The number of rotatable bonds is 5. The number of amides is 2. The van der Waals surface area contributed by atoms with Crippen molar-refractivity contribution < 1.29 is 9.59 Å². The van der Waals surface area contributed by atoms with Crippen molar-refractivity contribution in [2.45, 2.75) is 60.4 Å². The summed E-state index contributed by atoms with van der Waals surface area (Å²) in [6.07, 6.45) is 0.816. The summed E-state index contributed by atoms with van der Waals surface area (Å²) < 4.78 is 0. The minimum Gasteiger partial charge on any atom is -0.350 e. The molecule has 0 bridgehead atoms. The summed E-state index contributed by atoms with van der Waals surface area (Å²) in [5.41, 5.74) is -0.844. The third-order valence-electron chi connectivity index (χ3n) is 4.13. The largest absolute Gasteiger partial charge is 0.350 e. The number of hydrogen-bond acceptors (Lipinski definition) is 5. The molecule has 1 rings (SSSR count). The topological polar surface area (TPSA) is 106 Å². The second-order valence-electron chi connectivity index (χ2n) is 9.05. The van der Waals surface area contributed by atoms with Gasteiger partial charge in [-0.1, -0.05) is 46.4 Å². The van der Waals surface area contributed by atoms with E-state index in [4.69, 9.17) is 0 Å². The maximum atomic E-state index is 12.3. The fraction of sp³-hybridized carbons (Fsp3) is 0.684. The summed E-state index contributed by atoms with van der Waals surface area (Å²) in [6, 6.07) is 4.05.